The highest BCUT2D eigenvalue weighted by molar-refractivity contribution is 7.92. The second-order valence-electron chi connectivity index (χ2n) is 12.7. The maximum absolute atomic E-state index is 15.8. The van der Waals surface area contributed by atoms with Gasteiger partial charge in [-0.1, -0.05) is 91.0 Å². The summed E-state index contributed by atoms with van der Waals surface area (Å²) >= 11 is 0. The van der Waals surface area contributed by atoms with Crippen LogP contribution in [0.15, 0.2) is 106 Å². The van der Waals surface area contributed by atoms with Gasteiger partial charge in [0, 0.05) is 5.69 Å². The number of hydrogen-bond acceptors (Lipinski definition) is 4. The van der Waals surface area contributed by atoms with Crippen LogP contribution >= 0.6 is 0 Å². The second kappa shape index (κ2) is 12.0. The highest BCUT2D eigenvalue weighted by atomic mass is 32.2. The van der Waals surface area contributed by atoms with Gasteiger partial charge in [-0.05, 0) is 84.4 Å². The number of amides is 2. The molecule has 48 heavy (non-hydrogen) atoms. The van der Waals surface area contributed by atoms with E-state index >= 15 is 8.60 Å². The predicted molar refractivity (Wildman–Crippen MR) is 183 cm³/mol. The average molecular weight is 662 g/mol. The lowest BCUT2D eigenvalue weighted by atomic mass is 9.78. The van der Waals surface area contributed by atoms with E-state index in [1.807, 2.05) is 97.9 Å². The Hall–Kier alpha value is -4.80. The van der Waals surface area contributed by atoms with Gasteiger partial charge >= 0.3 is 6.03 Å². The largest absolute Gasteiger partial charge is 0.472 e. The monoisotopic (exact) mass is 661 g/mol. The van der Waals surface area contributed by atoms with E-state index in [-0.39, 0.29) is 16.8 Å². The molecule has 5 aromatic rings. The SMILES string of the molecule is C[C@H]1Cn2ncc([S@@](=O)(=NC(=O)Nc3c4c(c(F)c5c3CCC5)CCC4)NC(c3ccccc3)(c3ccccc3)c3ccccc3)c2O1. The Morgan fingerprint density at radius 3 is 1.88 bits per heavy atom. The number of fused-ring (bicyclic) bond motifs is 3. The molecular formula is C38H36FN5O3S. The molecule has 8 nitrogen and oxygen atoms in total. The number of anilines is 1. The molecule has 4 aromatic carbocycles. The minimum Gasteiger partial charge on any atom is -0.472 e. The van der Waals surface area contributed by atoms with Gasteiger partial charge in [0.1, 0.15) is 22.4 Å². The van der Waals surface area contributed by atoms with Crippen molar-refractivity contribution >= 4 is 21.6 Å². The number of aromatic nitrogens is 2. The first-order valence-electron chi connectivity index (χ1n) is 16.5. The summed E-state index contributed by atoms with van der Waals surface area (Å²) in [6, 6.07) is 28.4. The lowest BCUT2D eigenvalue weighted by Crippen LogP contribution is -2.48. The Morgan fingerprint density at radius 2 is 1.35 bits per heavy atom. The minimum atomic E-state index is -3.85. The Labute approximate surface area is 279 Å². The molecule has 1 aliphatic heterocycles. The number of urea groups is 1. The number of hydrogen-bond donors (Lipinski definition) is 2. The van der Waals surface area contributed by atoms with Crippen LogP contribution in [0.4, 0.5) is 14.9 Å². The molecule has 2 heterocycles. The van der Waals surface area contributed by atoms with Gasteiger partial charge < -0.3 is 10.1 Å². The lowest BCUT2D eigenvalue weighted by molar-refractivity contribution is 0.248. The highest BCUT2D eigenvalue weighted by Gasteiger charge is 2.42. The fourth-order valence-electron chi connectivity index (χ4n) is 7.63. The van der Waals surface area contributed by atoms with Crippen LogP contribution < -0.4 is 14.8 Å². The van der Waals surface area contributed by atoms with Gasteiger partial charge in [-0.25, -0.2) is 22.8 Å². The summed E-state index contributed by atoms with van der Waals surface area (Å²) < 4.78 is 47.1. The van der Waals surface area contributed by atoms with Crippen LogP contribution in [0.3, 0.4) is 0 Å². The Kier molecular flexibility index (Phi) is 7.64. The summed E-state index contributed by atoms with van der Waals surface area (Å²) in [6.45, 7) is 2.39. The molecule has 2 atom stereocenters. The van der Waals surface area contributed by atoms with Crippen LogP contribution in [0.25, 0.3) is 0 Å². The number of nitrogens with one attached hydrogen (secondary N) is 2. The Bertz CT molecular complexity index is 2010. The molecule has 0 saturated carbocycles. The van der Waals surface area contributed by atoms with Gasteiger partial charge in [-0.3, -0.25) is 0 Å². The smallest absolute Gasteiger partial charge is 0.354 e. The molecule has 3 aliphatic rings. The van der Waals surface area contributed by atoms with Crippen LogP contribution in [-0.2, 0) is 47.7 Å². The fraction of sp³-hybridized carbons (Fsp3) is 0.263. The normalized spacial score (nSPS) is 17.6. The van der Waals surface area contributed by atoms with Crippen molar-refractivity contribution < 1.29 is 18.1 Å². The number of ether oxygens (including phenoxy) is 1. The van der Waals surface area contributed by atoms with Crippen LogP contribution in [0.1, 0.15) is 58.7 Å². The number of halogens is 1. The van der Waals surface area contributed by atoms with Crippen LogP contribution in [0.5, 0.6) is 5.88 Å². The third kappa shape index (κ3) is 5.02. The number of nitrogens with zero attached hydrogens (tertiary/aromatic N) is 3. The number of benzene rings is 4. The molecule has 0 unspecified atom stereocenters. The van der Waals surface area contributed by atoms with E-state index in [2.05, 4.69) is 19.5 Å². The van der Waals surface area contributed by atoms with E-state index < -0.39 is 21.5 Å². The Balaban J connectivity index is 1.34. The second-order valence-corrected chi connectivity index (χ2v) is 14.6. The maximum atomic E-state index is 15.8. The summed E-state index contributed by atoms with van der Waals surface area (Å²) in [7, 11) is -3.85. The van der Waals surface area contributed by atoms with Crippen LogP contribution in [-0.4, -0.2) is 26.1 Å². The molecular weight excluding hydrogens is 626 g/mol. The first-order chi connectivity index (χ1) is 23.4. The van der Waals surface area contributed by atoms with Gasteiger partial charge in [-0.15, -0.1) is 4.36 Å². The molecule has 2 aliphatic carbocycles. The number of carbonyl (C=O) groups excluding carboxylic acids is 1. The van der Waals surface area contributed by atoms with E-state index in [0.29, 0.717) is 54.9 Å². The Morgan fingerprint density at radius 1 is 0.854 bits per heavy atom. The van der Waals surface area contributed by atoms with Crippen LogP contribution in [0.2, 0.25) is 0 Å². The molecule has 2 amide bonds. The van der Waals surface area contributed by atoms with E-state index in [0.717, 1.165) is 40.7 Å². The van der Waals surface area contributed by atoms with Crippen molar-refractivity contribution in [3.8, 4) is 5.88 Å². The van der Waals surface area contributed by atoms with Gasteiger partial charge in [0.05, 0.1) is 12.7 Å². The van der Waals surface area contributed by atoms with Gasteiger partial charge in [0.15, 0.2) is 9.92 Å². The molecule has 0 radical (unpaired) electrons. The first-order valence-corrected chi connectivity index (χ1v) is 18.0. The molecule has 2 N–H and O–H groups in total. The zero-order valence-electron chi connectivity index (χ0n) is 26.6. The molecule has 1 aromatic heterocycles. The summed E-state index contributed by atoms with van der Waals surface area (Å²) in [6.07, 6.45) is 5.54. The van der Waals surface area contributed by atoms with E-state index in [4.69, 9.17) is 4.74 Å². The molecule has 0 fully saturated rings. The van der Waals surface area contributed by atoms with Crippen molar-refractivity contribution in [3.63, 3.8) is 0 Å². The van der Waals surface area contributed by atoms with Crippen molar-refractivity contribution in [3.05, 3.63) is 142 Å². The quantitative estimate of drug-likeness (QED) is 0.179. The predicted octanol–water partition coefficient (Wildman–Crippen LogP) is 7.34. The van der Waals surface area contributed by atoms with Gasteiger partial charge in [0.25, 0.3) is 0 Å². The van der Waals surface area contributed by atoms with Crippen molar-refractivity contribution in [1.29, 1.82) is 0 Å². The maximum Gasteiger partial charge on any atom is 0.354 e. The summed E-state index contributed by atoms with van der Waals surface area (Å²) in [5.41, 5.74) is 4.82. The molecule has 0 bridgehead atoms. The topological polar surface area (TPSA) is 97.6 Å². The summed E-state index contributed by atoms with van der Waals surface area (Å²) in [4.78, 5) is 14.4. The molecule has 244 valence electrons. The minimum absolute atomic E-state index is 0.129. The van der Waals surface area contributed by atoms with E-state index in [1.54, 1.807) is 4.68 Å². The number of rotatable bonds is 7. The molecule has 10 heteroatoms. The first kappa shape index (κ1) is 30.5. The standard InChI is InChI=1S/C38H36FN5O3S/c1-25-24-44-36(47-25)33(23-40-44)48(46,42-37(45)41-35-31-21-11-19-29(31)34(39)30-20-12-22-32(30)35)43-38(26-13-5-2-6-14-26,27-15-7-3-8-16-27)28-17-9-4-10-18-28/h2-10,13-18,23,25H,11-12,19-22,24H2,1H3,(H2,41,42,43,45,46)/t25-,48+/m0/s1. The third-order valence-electron chi connectivity index (χ3n) is 9.72. The lowest BCUT2D eigenvalue weighted by Gasteiger charge is -2.37. The van der Waals surface area contributed by atoms with E-state index in [9.17, 15) is 4.79 Å². The molecule has 0 saturated heterocycles. The molecule has 8 rings (SSSR count). The summed E-state index contributed by atoms with van der Waals surface area (Å²) in [5, 5.41) is 7.51. The zero-order chi connectivity index (χ0) is 32.9. The van der Waals surface area contributed by atoms with Crippen molar-refractivity contribution in [2.75, 3.05) is 5.32 Å². The van der Waals surface area contributed by atoms with Crippen molar-refractivity contribution in [1.82, 2.24) is 14.5 Å². The van der Waals surface area contributed by atoms with Crippen LogP contribution in [0, 0.1) is 5.82 Å². The molecule has 0 spiro atoms. The van der Waals surface area contributed by atoms with Gasteiger partial charge in [-0.2, -0.15) is 5.10 Å². The third-order valence-corrected chi connectivity index (χ3v) is 11.6. The highest BCUT2D eigenvalue weighted by Crippen LogP contribution is 2.43. The zero-order valence-corrected chi connectivity index (χ0v) is 27.4. The van der Waals surface area contributed by atoms with Crippen molar-refractivity contribution in [2.45, 2.75) is 68.5 Å². The average Bonchev–Trinajstić information content (AvgIpc) is 3.92. The fourth-order valence-corrected chi connectivity index (χ4v) is 9.51. The van der Waals surface area contributed by atoms with Crippen molar-refractivity contribution in [2.24, 2.45) is 4.36 Å². The van der Waals surface area contributed by atoms with E-state index in [1.165, 1.54) is 6.20 Å². The number of carbonyl (C=O) groups is 1. The summed E-state index contributed by atoms with van der Waals surface area (Å²) in [5.74, 6) is 0.179. The van der Waals surface area contributed by atoms with Gasteiger partial charge in [0.2, 0.25) is 5.88 Å².